The fraction of sp³-hybridized carbons (Fsp3) is 0.300. The first-order valence-electron chi connectivity index (χ1n) is 8.71. The number of halogens is 3. The smallest absolute Gasteiger partial charge is 0.387 e. The van der Waals surface area contributed by atoms with Crippen molar-refractivity contribution in [1.29, 1.82) is 0 Å². The predicted molar refractivity (Wildman–Crippen MR) is 120 cm³/mol. The standard InChI is InChI=1S/C20H23F2N3O4.HI/c1-23-20(25-12-14-6-4-5-7-16(14)29-19(21)22)24-11-13-8-9-17(27-2)15(10-13)18(26)28-3;/h4-10,19H,11-12H2,1-3H3,(H2,23,24,25);1H. The van der Waals surface area contributed by atoms with Gasteiger partial charge in [-0.2, -0.15) is 8.78 Å². The van der Waals surface area contributed by atoms with Crippen molar-refractivity contribution in [2.75, 3.05) is 21.3 Å². The Morgan fingerprint density at radius 1 is 1.07 bits per heavy atom. The molecule has 0 radical (unpaired) electrons. The molecule has 0 amide bonds. The molecule has 30 heavy (non-hydrogen) atoms. The molecule has 0 aliphatic carbocycles. The number of rotatable bonds is 8. The van der Waals surface area contributed by atoms with Crippen LogP contribution in [0.25, 0.3) is 0 Å². The Morgan fingerprint density at radius 2 is 1.77 bits per heavy atom. The van der Waals surface area contributed by atoms with Crippen LogP contribution in [-0.2, 0) is 17.8 Å². The molecular weight excluding hydrogens is 511 g/mol. The number of nitrogens with one attached hydrogen (secondary N) is 2. The Hall–Kier alpha value is -2.63. The van der Waals surface area contributed by atoms with Crippen LogP contribution >= 0.6 is 24.0 Å². The third kappa shape index (κ3) is 7.32. The number of ether oxygens (including phenoxy) is 3. The van der Waals surface area contributed by atoms with Crippen molar-refractivity contribution >= 4 is 35.9 Å². The van der Waals surface area contributed by atoms with E-state index in [4.69, 9.17) is 9.47 Å². The van der Waals surface area contributed by atoms with Gasteiger partial charge in [-0.05, 0) is 23.8 Å². The van der Waals surface area contributed by atoms with Crippen molar-refractivity contribution < 1.29 is 27.8 Å². The maximum absolute atomic E-state index is 12.5. The molecular formula is C20H24F2IN3O4. The summed E-state index contributed by atoms with van der Waals surface area (Å²) in [6.07, 6.45) is 0. The molecule has 0 aromatic heterocycles. The maximum Gasteiger partial charge on any atom is 0.387 e. The molecule has 2 rings (SSSR count). The van der Waals surface area contributed by atoms with Crippen LogP contribution in [0.1, 0.15) is 21.5 Å². The maximum atomic E-state index is 12.5. The molecule has 7 nitrogen and oxygen atoms in total. The number of nitrogens with zero attached hydrogens (tertiary/aromatic N) is 1. The average molecular weight is 535 g/mol. The van der Waals surface area contributed by atoms with E-state index in [-0.39, 0.29) is 36.3 Å². The van der Waals surface area contributed by atoms with Gasteiger partial charge < -0.3 is 24.8 Å². The molecule has 0 saturated heterocycles. The molecule has 2 aromatic carbocycles. The van der Waals surface area contributed by atoms with Crippen LogP contribution in [0.5, 0.6) is 11.5 Å². The van der Waals surface area contributed by atoms with Crippen LogP contribution in [0.4, 0.5) is 8.78 Å². The lowest BCUT2D eigenvalue weighted by Gasteiger charge is -2.15. The molecule has 0 atom stereocenters. The number of hydrogen-bond acceptors (Lipinski definition) is 5. The molecule has 10 heteroatoms. The highest BCUT2D eigenvalue weighted by Crippen LogP contribution is 2.21. The van der Waals surface area contributed by atoms with Gasteiger partial charge in [0.1, 0.15) is 17.1 Å². The van der Waals surface area contributed by atoms with Gasteiger partial charge in [-0.25, -0.2) is 4.79 Å². The van der Waals surface area contributed by atoms with Gasteiger partial charge in [0.2, 0.25) is 0 Å². The SMILES string of the molecule is CN=C(NCc1ccc(OC)c(C(=O)OC)c1)NCc1ccccc1OC(F)F.I. The molecule has 0 bridgehead atoms. The summed E-state index contributed by atoms with van der Waals surface area (Å²) in [6, 6.07) is 11.7. The van der Waals surface area contributed by atoms with Crippen LogP contribution in [0.2, 0.25) is 0 Å². The molecule has 0 spiro atoms. The van der Waals surface area contributed by atoms with E-state index in [1.807, 2.05) is 0 Å². The molecule has 0 fully saturated rings. The van der Waals surface area contributed by atoms with Crippen molar-refractivity contribution in [3.63, 3.8) is 0 Å². The molecule has 0 aliphatic heterocycles. The van der Waals surface area contributed by atoms with Crippen LogP contribution in [-0.4, -0.2) is 39.8 Å². The van der Waals surface area contributed by atoms with Crippen molar-refractivity contribution in [3.05, 3.63) is 59.2 Å². The zero-order valence-corrected chi connectivity index (χ0v) is 19.1. The number of carbonyl (C=O) groups excluding carboxylic acids is 1. The molecule has 2 aromatic rings. The number of methoxy groups -OCH3 is 2. The number of para-hydroxylation sites is 1. The van der Waals surface area contributed by atoms with E-state index in [1.54, 1.807) is 43.4 Å². The van der Waals surface area contributed by atoms with E-state index < -0.39 is 12.6 Å². The largest absolute Gasteiger partial charge is 0.496 e. The monoisotopic (exact) mass is 535 g/mol. The zero-order chi connectivity index (χ0) is 21.2. The Labute approximate surface area is 190 Å². The van der Waals surface area contributed by atoms with E-state index >= 15 is 0 Å². The first-order valence-corrected chi connectivity index (χ1v) is 8.71. The van der Waals surface area contributed by atoms with Crippen molar-refractivity contribution in [1.82, 2.24) is 10.6 Å². The minimum atomic E-state index is -2.90. The van der Waals surface area contributed by atoms with Crippen LogP contribution in [0, 0.1) is 0 Å². The summed E-state index contributed by atoms with van der Waals surface area (Å²) in [5.41, 5.74) is 1.68. The Balaban J connectivity index is 0.00000450. The van der Waals surface area contributed by atoms with Crippen LogP contribution in [0.15, 0.2) is 47.5 Å². The lowest BCUT2D eigenvalue weighted by molar-refractivity contribution is -0.0504. The van der Waals surface area contributed by atoms with E-state index in [9.17, 15) is 13.6 Å². The third-order valence-corrected chi connectivity index (χ3v) is 3.99. The van der Waals surface area contributed by atoms with Crippen molar-refractivity contribution in [2.24, 2.45) is 4.99 Å². The molecule has 0 aliphatic rings. The van der Waals surface area contributed by atoms with E-state index in [0.29, 0.717) is 29.4 Å². The number of esters is 1. The third-order valence-electron chi connectivity index (χ3n) is 3.99. The predicted octanol–water partition coefficient (Wildman–Crippen LogP) is 3.57. The highest BCUT2D eigenvalue weighted by atomic mass is 127. The van der Waals surface area contributed by atoms with Gasteiger partial charge in [0.05, 0.1) is 14.2 Å². The van der Waals surface area contributed by atoms with E-state index in [2.05, 4.69) is 20.4 Å². The van der Waals surface area contributed by atoms with E-state index in [1.165, 1.54) is 20.3 Å². The van der Waals surface area contributed by atoms with Gasteiger partial charge in [-0.15, -0.1) is 24.0 Å². The van der Waals surface area contributed by atoms with Gasteiger partial charge in [-0.1, -0.05) is 24.3 Å². The summed E-state index contributed by atoms with van der Waals surface area (Å²) in [7, 11) is 4.36. The minimum Gasteiger partial charge on any atom is -0.496 e. The van der Waals surface area contributed by atoms with Crippen LogP contribution in [0.3, 0.4) is 0 Å². The number of guanidine groups is 1. The molecule has 0 saturated carbocycles. The van der Waals surface area contributed by atoms with Crippen molar-refractivity contribution in [2.45, 2.75) is 19.7 Å². The summed E-state index contributed by atoms with van der Waals surface area (Å²) in [4.78, 5) is 16.0. The number of alkyl halides is 2. The van der Waals surface area contributed by atoms with Gasteiger partial charge in [-0.3, -0.25) is 4.99 Å². The van der Waals surface area contributed by atoms with E-state index in [0.717, 1.165) is 5.56 Å². The topological polar surface area (TPSA) is 81.2 Å². The van der Waals surface area contributed by atoms with Gasteiger partial charge in [0.15, 0.2) is 5.96 Å². The summed E-state index contributed by atoms with van der Waals surface area (Å²) < 4.78 is 39.5. The molecule has 164 valence electrons. The first kappa shape index (κ1) is 25.4. The quantitative estimate of drug-likeness (QED) is 0.233. The fourth-order valence-electron chi connectivity index (χ4n) is 2.58. The Bertz CT molecular complexity index is 866. The molecule has 0 heterocycles. The average Bonchev–Trinajstić information content (AvgIpc) is 2.73. The summed E-state index contributed by atoms with van der Waals surface area (Å²) in [6.45, 7) is -2.30. The van der Waals surface area contributed by atoms with Gasteiger partial charge >= 0.3 is 12.6 Å². The Morgan fingerprint density at radius 3 is 2.40 bits per heavy atom. The zero-order valence-electron chi connectivity index (χ0n) is 16.8. The first-order chi connectivity index (χ1) is 14.0. The van der Waals surface area contributed by atoms with Crippen molar-refractivity contribution in [3.8, 4) is 11.5 Å². The summed E-state index contributed by atoms with van der Waals surface area (Å²) in [5.74, 6) is 0.469. The number of carbonyl (C=O) groups is 1. The minimum absolute atomic E-state index is 0. The second-order valence-corrected chi connectivity index (χ2v) is 5.79. The number of aliphatic imine (C=N–C) groups is 1. The second-order valence-electron chi connectivity index (χ2n) is 5.79. The Kier molecular flexibility index (Phi) is 10.9. The highest BCUT2D eigenvalue weighted by molar-refractivity contribution is 14.0. The highest BCUT2D eigenvalue weighted by Gasteiger charge is 2.14. The van der Waals surface area contributed by atoms with Gasteiger partial charge in [0, 0.05) is 25.7 Å². The molecule has 0 unspecified atom stereocenters. The lowest BCUT2D eigenvalue weighted by atomic mass is 10.1. The molecule has 2 N–H and O–H groups in total. The summed E-state index contributed by atoms with van der Waals surface area (Å²) in [5, 5.41) is 6.13. The van der Waals surface area contributed by atoms with Crippen LogP contribution < -0.4 is 20.1 Å². The number of benzene rings is 2. The van der Waals surface area contributed by atoms with Gasteiger partial charge in [0.25, 0.3) is 0 Å². The second kappa shape index (κ2) is 12.8. The summed E-state index contributed by atoms with van der Waals surface area (Å²) >= 11 is 0. The number of hydrogen-bond donors (Lipinski definition) is 2. The fourth-order valence-corrected chi connectivity index (χ4v) is 2.58. The lowest BCUT2D eigenvalue weighted by Crippen LogP contribution is -2.36. The normalized spacial score (nSPS) is 10.8.